The molecule has 0 saturated carbocycles. The van der Waals surface area contributed by atoms with E-state index in [1.165, 1.54) is 23.8 Å². The van der Waals surface area contributed by atoms with E-state index in [4.69, 9.17) is 9.72 Å². The predicted octanol–water partition coefficient (Wildman–Crippen LogP) is 4.11. The third kappa shape index (κ3) is 8.86. The van der Waals surface area contributed by atoms with E-state index >= 15 is 4.39 Å². The molecule has 9 heteroatoms. The summed E-state index contributed by atoms with van der Waals surface area (Å²) in [6.07, 6.45) is 6.11. The molecule has 8 nitrogen and oxygen atoms in total. The van der Waals surface area contributed by atoms with Crippen LogP contribution in [0.5, 0.6) is 0 Å². The monoisotopic (exact) mass is 540 g/mol. The minimum Gasteiger partial charge on any atom is -0.480 e. The van der Waals surface area contributed by atoms with Crippen LogP contribution in [-0.4, -0.2) is 72.8 Å². The third-order valence-electron chi connectivity index (χ3n) is 7.08. The van der Waals surface area contributed by atoms with Gasteiger partial charge in [0, 0.05) is 38.9 Å². The molecule has 1 aromatic heterocycles. The lowest BCUT2D eigenvalue weighted by molar-refractivity contribution is -0.145. The second-order valence-corrected chi connectivity index (χ2v) is 9.95. The number of aryl methyl sites for hydroxylation is 2. The van der Waals surface area contributed by atoms with Crippen molar-refractivity contribution < 1.29 is 23.8 Å². The van der Waals surface area contributed by atoms with Crippen molar-refractivity contribution in [2.24, 2.45) is 0 Å². The number of pyridine rings is 1. The van der Waals surface area contributed by atoms with Crippen molar-refractivity contribution in [1.29, 1.82) is 0 Å². The highest BCUT2D eigenvalue weighted by molar-refractivity contribution is 5.90. The number of hydrogen-bond donors (Lipinski definition) is 3. The Bertz CT molecular complexity index is 1080. The molecule has 0 radical (unpaired) electrons. The molecule has 39 heavy (non-hydrogen) atoms. The Balaban J connectivity index is 1.54. The van der Waals surface area contributed by atoms with Crippen LogP contribution in [0.4, 0.5) is 10.2 Å². The molecule has 2 atom stereocenters. The van der Waals surface area contributed by atoms with E-state index in [-0.39, 0.29) is 18.4 Å². The molecule has 0 aliphatic carbocycles. The van der Waals surface area contributed by atoms with Gasteiger partial charge in [-0.15, -0.1) is 6.58 Å². The molecule has 2 aromatic rings. The largest absolute Gasteiger partial charge is 0.480 e. The van der Waals surface area contributed by atoms with Crippen LogP contribution in [0.15, 0.2) is 55.1 Å². The van der Waals surface area contributed by atoms with Gasteiger partial charge in [0.1, 0.15) is 11.9 Å². The number of nitrogens with zero attached hydrogens (tertiary/aromatic N) is 2. The fourth-order valence-electron chi connectivity index (χ4n) is 4.79. The zero-order valence-corrected chi connectivity index (χ0v) is 22.8. The van der Waals surface area contributed by atoms with E-state index in [0.717, 1.165) is 56.7 Å². The molecule has 0 fully saturated rings. The molecular weight excluding hydrogens is 499 g/mol. The Labute approximate surface area is 230 Å². The molecular formula is C30H41FN4O4. The molecule has 1 amide bonds. The smallest absolute Gasteiger partial charge is 0.326 e. The van der Waals surface area contributed by atoms with Gasteiger partial charge < -0.3 is 25.4 Å². The van der Waals surface area contributed by atoms with E-state index in [1.807, 2.05) is 0 Å². The van der Waals surface area contributed by atoms with Gasteiger partial charge in [0.25, 0.3) is 5.91 Å². The number of aliphatic carboxylic acids is 1. The van der Waals surface area contributed by atoms with Crippen LogP contribution < -0.4 is 10.6 Å². The second kappa shape index (κ2) is 15.3. The van der Waals surface area contributed by atoms with Crippen LogP contribution in [0.1, 0.15) is 48.9 Å². The number of unbranched alkanes of at least 4 members (excludes halogenated alkanes) is 1. The van der Waals surface area contributed by atoms with Crippen molar-refractivity contribution >= 4 is 17.7 Å². The minimum atomic E-state index is -2.40. The quantitative estimate of drug-likeness (QED) is 0.205. The number of hydrogen-bond acceptors (Lipinski definition) is 6. The van der Waals surface area contributed by atoms with Gasteiger partial charge >= 0.3 is 5.97 Å². The molecule has 0 bridgehead atoms. The number of alkyl halides is 1. The van der Waals surface area contributed by atoms with Crippen molar-refractivity contribution in [3.63, 3.8) is 0 Å². The molecule has 212 valence electrons. The summed E-state index contributed by atoms with van der Waals surface area (Å²) in [7, 11) is 1.62. The number of rotatable bonds is 17. The number of carbonyl (C=O) groups is 2. The fourth-order valence-corrected chi connectivity index (χ4v) is 4.79. The molecule has 1 aliphatic rings. The summed E-state index contributed by atoms with van der Waals surface area (Å²) < 4.78 is 21.1. The molecule has 1 unspecified atom stereocenters. The predicted molar refractivity (Wildman–Crippen MR) is 151 cm³/mol. The van der Waals surface area contributed by atoms with Gasteiger partial charge in [-0.3, -0.25) is 4.79 Å². The number of fused-ring (bicyclic) bond motifs is 1. The summed E-state index contributed by atoms with van der Waals surface area (Å²) in [5.41, 5.74) is 0.103. The molecule has 3 N–H and O–H groups in total. The Kier molecular flexibility index (Phi) is 11.9. The number of halogens is 1. The Hall–Kier alpha value is -3.30. The topological polar surface area (TPSA) is 104 Å². The summed E-state index contributed by atoms with van der Waals surface area (Å²) >= 11 is 0. The van der Waals surface area contributed by atoms with Gasteiger partial charge in [0.15, 0.2) is 0 Å². The fraction of sp³-hybridized carbons (Fsp3) is 0.500. The lowest BCUT2D eigenvalue weighted by atomic mass is 9.91. The summed E-state index contributed by atoms with van der Waals surface area (Å²) in [6.45, 7) is 6.84. The number of carboxylic acids is 1. The lowest BCUT2D eigenvalue weighted by Crippen LogP contribution is -2.50. The Morgan fingerprint density at radius 2 is 2.03 bits per heavy atom. The number of allylic oxidation sites excluding steroid dienone is 1. The van der Waals surface area contributed by atoms with Crippen molar-refractivity contribution in [1.82, 2.24) is 15.2 Å². The highest BCUT2D eigenvalue weighted by Crippen LogP contribution is 2.31. The highest BCUT2D eigenvalue weighted by atomic mass is 19.1. The Morgan fingerprint density at radius 3 is 2.74 bits per heavy atom. The van der Waals surface area contributed by atoms with Crippen LogP contribution in [0.3, 0.4) is 0 Å². The molecule has 2 heterocycles. The molecule has 3 rings (SSSR count). The van der Waals surface area contributed by atoms with Crippen molar-refractivity contribution in [3.8, 4) is 0 Å². The molecule has 1 aliphatic heterocycles. The first-order chi connectivity index (χ1) is 18.9. The SMILES string of the molecule is C=CCC(F)(C(=O)N[C@@H](CCN(CCCCc1ccc2c(n1)NCCC2)CCOC)C(=O)O)c1ccccc1. The number of benzene rings is 1. The Morgan fingerprint density at radius 1 is 1.23 bits per heavy atom. The summed E-state index contributed by atoms with van der Waals surface area (Å²) in [6, 6.07) is 11.1. The number of ether oxygens (including phenoxy) is 1. The number of aromatic nitrogens is 1. The van der Waals surface area contributed by atoms with Crippen LogP contribution >= 0.6 is 0 Å². The standard InChI is InChI=1S/C30H41FN4O4/c1-3-17-30(31,24-11-5-4-6-12-24)29(38)34-26(28(36)37)16-20-35(21-22-39-2)19-8-7-13-25-15-14-23-10-9-18-32-27(23)33-25/h3-6,11-12,14-15,26H,1,7-10,13,16-22H2,2H3,(H,32,33)(H,34,38)(H,36,37)/t26-,30?/m0/s1. The minimum absolute atomic E-state index is 0.141. The average Bonchev–Trinajstić information content (AvgIpc) is 2.95. The average molecular weight is 541 g/mol. The van der Waals surface area contributed by atoms with Gasteiger partial charge in [-0.25, -0.2) is 14.2 Å². The van der Waals surface area contributed by atoms with Crippen molar-refractivity contribution in [3.05, 3.63) is 71.9 Å². The van der Waals surface area contributed by atoms with Gasteiger partial charge in [-0.2, -0.15) is 0 Å². The van der Waals surface area contributed by atoms with E-state index in [1.54, 1.807) is 25.3 Å². The first-order valence-electron chi connectivity index (χ1n) is 13.7. The summed E-state index contributed by atoms with van der Waals surface area (Å²) in [4.78, 5) is 31.8. The van der Waals surface area contributed by atoms with Crippen molar-refractivity contribution in [2.75, 3.05) is 45.2 Å². The first-order valence-corrected chi connectivity index (χ1v) is 13.7. The van der Waals surface area contributed by atoms with Gasteiger partial charge in [-0.05, 0) is 62.3 Å². The maximum Gasteiger partial charge on any atom is 0.326 e. The summed E-state index contributed by atoms with van der Waals surface area (Å²) in [5.74, 6) is -1.17. The molecule has 0 saturated heterocycles. The number of carbonyl (C=O) groups excluding carboxylic acids is 1. The normalized spacial score (nSPS) is 15.1. The van der Waals surface area contributed by atoms with Gasteiger partial charge in [-0.1, -0.05) is 42.5 Å². The van der Waals surface area contributed by atoms with Crippen molar-refractivity contribution in [2.45, 2.75) is 56.7 Å². The first kappa shape index (κ1) is 30.2. The zero-order chi connectivity index (χ0) is 28.1. The number of amides is 1. The van der Waals surface area contributed by atoms with Gasteiger partial charge in [0.2, 0.25) is 5.67 Å². The van der Waals surface area contributed by atoms with Crippen LogP contribution in [-0.2, 0) is 32.8 Å². The summed E-state index contributed by atoms with van der Waals surface area (Å²) in [5, 5.41) is 15.6. The zero-order valence-electron chi connectivity index (χ0n) is 22.8. The number of nitrogens with one attached hydrogen (secondary N) is 2. The molecule has 1 aromatic carbocycles. The maximum absolute atomic E-state index is 15.8. The maximum atomic E-state index is 15.8. The lowest BCUT2D eigenvalue weighted by Gasteiger charge is -2.27. The van der Waals surface area contributed by atoms with Crippen LogP contribution in [0.25, 0.3) is 0 Å². The third-order valence-corrected chi connectivity index (χ3v) is 7.08. The number of methoxy groups -OCH3 is 1. The van der Waals surface area contributed by atoms with Gasteiger partial charge in [0.05, 0.1) is 6.61 Å². The van der Waals surface area contributed by atoms with Crippen LogP contribution in [0.2, 0.25) is 0 Å². The van der Waals surface area contributed by atoms with Crippen LogP contribution in [0, 0.1) is 0 Å². The number of carboxylic acid groups (broad SMARTS) is 1. The second-order valence-electron chi connectivity index (χ2n) is 9.95. The molecule has 0 spiro atoms. The number of anilines is 1. The van der Waals surface area contributed by atoms with E-state index < -0.39 is 23.6 Å². The van der Waals surface area contributed by atoms with E-state index in [9.17, 15) is 14.7 Å². The van der Waals surface area contributed by atoms with E-state index in [0.29, 0.717) is 19.7 Å². The van der Waals surface area contributed by atoms with E-state index in [2.05, 4.69) is 34.2 Å². The highest BCUT2D eigenvalue weighted by Gasteiger charge is 2.41.